The van der Waals surface area contributed by atoms with Crippen LogP contribution in [0.4, 0.5) is 5.69 Å². The number of nitrogens with zero attached hydrogens (tertiary/aromatic N) is 2. The third kappa shape index (κ3) is 2.23. The fourth-order valence-electron chi connectivity index (χ4n) is 0.919. The molecular formula is C9H11BrN2O2. The first kappa shape index (κ1) is 11.0. The fraction of sp³-hybridized carbons (Fsp3) is 0.333. The monoisotopic (exact) mass is 258 g/mol. The van der Waals surface area contributed by atoms with Crippen molar-refractivity contribution >= 4 is 27.6 Å². The number of esters is 1. The van der Waals surface area contributed by atoms with E-state index in [0.717, 1.165) is 5.69 Å². The first-order chi connectivity index (χ1) is 6.56. The van der Waals surface area contributed by atoms with Gasteiger partial charge in [0.25, 0.3) is 0 Å². The van der Waals surface area contributed by atoms with E-state index in [4.69, 9.17) is 0 Å². The highest BCUT2D eigenvalue weighted by Gasteiger charge is 2.12. The number of carbonyl (C=O) groups is 1. The topological polar surface area (TPSA) is 42.4 Å². The summed E-state index contributed by atoms with van der Waals surface area (Å²) in [5.41, 5.74) is 1.21. The summed E-state index contributed by atoms with van der Waals surface area (Å²) in [7, 11) is 5.14. The summed E-state index contributed by atoms with van der Waals surface area (Å²) >= 11 is 3.27. The number of anilines is 1. The minimum absolute atomic E-state index is 0.290. The Kier molecular flexibility index (Phi) is 3.46. The Morgan fingerprint density at radius 1 is 1.57 bits per heavy atom. The molecule has 14 heavy (non-hydrogen) atoms. The summed E-state index contributed by atoms with van der Waals surface area (Å²) < 4.78 is 5.21. The second-order valence-corrected chi connectivity index (χ2v) is 3.76. The molecule has 4 nitrogen and oxygen atoms in total. The summed E-state index contributed by atoms with van der Waals surface area (Å²) in [5.74, 6) is -0.442. The lowest BCUT2D eigenvalue weighted by Gasteiger charge is -2.12. The number of hydrogen-bond acceptors (Lipinski definition) is 4. The van der Waals surface area contributed by atoms with Crippen LogP contribution in [0.5, 0.6) is 0 Å². The van der Waals surface area contributed by atoms with Crippen molar-refractivity contribution in [2.45, 2.75) is 0 Å². The Morgan fingerprint density at radius 3 is 2.64 bits per heavy atom. The number of methoxy groups -OCH3 is 1. The normalized spacial score (nSPS) is 9.71. The van der Waals surface area contributed by atoms with E-state index in [9.17, 15) is 4.79 Å². The Balaban J connectivity index is 3.07. The molecule has 0 N–H and O–H groups in total. The van der Waals surface area contributed by atoms with Gasteiger partial charge in [0, 0.05) is 14.1 Å². The van der Waals surface area contributed by atoms with Crippen LogP contribution in [0.2, 0.25) is 0 Å². The molecule has 0 aliphatic carbocycles. The van der Waals surface area contributed by atoms with Crippen molar-refractivity contribution in [1.29, 1.82) is 0 Å². The van der Waals surface area contributed by atoms with Crippen molar-refractivity contribution in [3.8, 4) is 0 Å². The molecule has 0 bridgehead atoms. The molecule has 0 aromatic carbocycles. The molecule has 0 saturated carbocycles. The molecule has 76 valence electrons. The smallest absolute Gasteiger partial charge is 0.357 e. The maximum absolute atomic E-state index is 11.2. The van der Waals surface area contributed by atoms with Crippen molar-refractivity contribution in [2.24, 2.45) is 0 Å². The number of carbonyl (C=O) groups excluding carboxylic acids is 1. The Morgan fingerprint density at radius 2 is 2.21 bits per heavy atom. The van der Waals surface area contributed by atoms with Crippen molar-refractivity contribution in [3.05, 3.63) is 22.4 Å². The molecule has 0 saturated heterocycles. The molecule has 0 fully saturated rings. The van der Waals surface area contributed by atoms with Crippen LogP contribution in [0.1, 0.15) is 10.5 Å². The van der Waals surface area contributed by atoms with E-state index >= 15 is 0 Å². The van der Waals surface area contributed by atoms with E-state index < -0.39 is 5.97 Å². The van der Waals surface area contributed by atoms with E-state index in [2.05, 4.69) is 25.7 Å². The zero-order valence-corrected chi connectivity index (χ0v) is 9.83. The van der Waals surface area contributed by atoms with Gasteiger partial charge in [-0.2, -0.15) is 0 Å². The minimum Gasteiger partial charge on any atom is -0.464 e. The molecule has 1 aromatic heterocycles. The van der Waals surface area contributed by atoms with Crippen molar-refractivity contribution in [2.75, 3.05) is 26.1 Å². The maximum atomic E-state index is 11.2. The third-order valence-electron chi connectivity index (χ3n) is 1.72. The van der Waals surface area contributed by atoms with Crippen LogP contribution in [0, 0.1) is 0 Å². The van der Waals surface area contributed by atoms with Crippen LogP contribution in [-0.2, 0) is 4.74 Å². The summed E-state index contributed by atoms with van der Waals surface area (Å²) in [5, 5.41) is 0. The molecule has 0 atom stereocenters. The Hall–Kier alpha value is -1.10. The van der Waals surface area contributed by atoms with Gasteiger partial charge in [0.15, 0.2) is 5.69 Å². The SMILES string of the molecule is COC(=O)c1ncc(N(C)C)cc1Br. The molecule has 5 heteroatoms. The highest BCUT2D eigenvalue weighted by Crippen LogP contribution is 2.20. The van der Waals surface area contributed by atoms with Crippen LogP contribution in [0.3, 0.4) is 0 Å². The van der Waals surface area contributed by atoms with Crippen LogP contribution in [0.15, 0.2) is 16.7 Å². The van der Waals surface area contributed by atoms with Crippen LogP contribution in [0.25, 0.3) is 0 Å². The van der Waals surface area contributed by atoms with E-state index in [1.165, 1.54) is 7.11 Å². The number of halogens is 1. The lowest BCUT2D eigenvalue weighted by molar-refractivity contribution is 0.0593. The molecular weight excluding hydrogens is 248 g/mol. The zero-order chi connectivity index (χ0) is 10.7. The quantitative estimate of drug-likeness (QED) is 0.758. The number of pyridine rings is 1. The molecule has 1 heterocycles. The maximum Gasteiger partial charge on any atom is 0.357 e. The number of hydrogen-bond donors (Lipinski definition) is 0. The third-order valence-corrected chi connectivity index (χ3v) is 2.33. The minimum atomic E-state index is -0.442. The average molecular weight is 259 g/mol. The lowest BCUT2D eigenvalue weighted by atomic mass is 10.3. The van der Waals surface area contributed by atoms with Crippen molar-refractivity contribution in [3.63, 3.8) is 0 Å². The van der Waals surface area contributed by atoms with Gasteiger partial charge in [-0.1, -0.05) is 0 Å². The van der Waals surface area contributed by atoms with Crippen LogP contribution in [-0.4, -0.2) is 32.2 Å². The van der Waals surface area contributed by atoms with Gasteiger partial charge in [-0.3, -0.25) is 0 Å². The summed E-state index contributed by atoms with van der Waals surface area (Å²) in [4.78, 5) is 17.1. The number of rotatable bonds is 2. The molecule has 0 aliphatic rings. The molecule has 0 amide bonds. The standard InChI is InChI=1S/C9H11BrN2O2/c1-12(2)6-4-7(10)8(11-5-6)9(13)14-3/h4-5H,1-3H3. The summed E-state index contributed by atoms with van der Waals surface area (Å²) in [6.07, 6.45) is 1.62. The molecule has 0 aliphatic heterocycles. The predicted molar refractivity (Wildman–Crippen MR) is 57.6 cm³/mol. The summed E-state index contributed by atoms with van der Waals surface area (Å²) in [6.45, 7) is 0. The highest BCUT2D eigenvalue weighted by molar-refractivity contribution is 9.10. The summed E-state index contributed by atoms with van der Waals surface area (Å²) in [6, 6.07) is 1.82. The lowest BCUT2D eigenvalue weighted by Crippen LogP contribution is -2.11. The van der Waals surface area contributed by atoms with E-state index in [1.807, 2.05) is 25.1 Å². The van der Waals surface area contributed by atoms with Crippen molar-refractivity contribution < 1.29 is 9.53 Å². The predicted octanol–water partition coefficient (Wildman–Crippen LogP) is 1.70. The first-order valence-electron chi connectivity index (χ1n) is 3.97. The van der Waals surface area contributed by atoms with Gasteiger partial charge in [-0.25, -0.2) is 9.78 Å². The van der Waals surface area contributed by atoms with Gasteiger partial charge >= 0.3 is 5.97 Å². The molecule has 0 radical (unpaired) electrons. The van der Waals surface area contributed by atoms with Gasteiger partial charge in [-0.15, -0.1) is 0 Å². The van der Waals surface area contributed by atoms with E-state index in [1.54, 1.807) is 6.20 Å². The van der Waals surface area contributed by atoms with Gasteiger partial charge in [0.05, 0.1) is 23.5 Å². The van der Waals surface area contributed by atoms with Crippen LogP contribution >= 0.6 is 15.9 Å². The molecule has 0 spiro atoms. The van der Waals surface area contributed by atoms with Crippen molar-refractivity contribution in [1.82, 2.24) is 4.98 Å². The molecule has 0 unspecified atom stereocenters. The second kappa shape index (κ2) is 4.41. The van der Waals surface area contributed by atoms with Crippen LogP contribution < -0.4 is 4.90 Å². The zero-order valence-electron chi connectivity index (χ0n) is 8.24. The highest BCUT2D eigenvalue weighted by atomic mass is 79.9. The fourth-order valence-corrected chi connectivity index (χ4v) is 1.42. The first-order valence-corrected chi connectivity index (χ1v) is 4.76. The Labute approximate surface area is 91.0 Å². The van der Waals surface area contributed by atoms with E-state index in [-0.39, 0.29) is 5.69 Å². The van der Waals surface area contributed by atoms with E-state index in [0.29, 0.717) is 4.47 Å². The Bertz CT molecular complexity index is 353. The average Bonchev–Trinajstić information content (AvgIpc) is 2.16. The number of ether oxygens (including phenoxy) is 1. The largest absolute Gasteiger partial charge is 0.464 e. The molecule has 1 aromatic rings. The second-order valence-electron chi connectivity index (χ2n) is 2.91. The number of aromatic nitrogens is 1. The molecule has 1 rings (SSSR count). The van der Waals surface area contributed by atoms with Gasteiger partial charge in [0.2, 0.25) is 0 Å². The van der Waals surface area contributed by atoms with Gasteiger partial charge < -0.3 is 9.64 Å². The van der Waals surface area contributed by atoms with Gasteiger partial charge in [0.1, 0.15) is 0 Å². The van der Waals surface area contributed by atoms with Gasteiger partial charge in [-0.05, 0) is 22.0 Å².